The molecule has 3 aromatic rings. The van der Waals surface area contributed by atoms with Crippen LogP contribution in [0.15, 0.2) is 33.5 Å². The van der Waals surface area contributed by atoms with Gasteiger partial charge in [-0.1, -0.05) is 31.1 Å². The molecule has 0 aliphatic heterocycles. The lowest BCUT2D eigenvalue weighted by molar-refractivity contribution is 0.321. The Morgan fingerprint density at radius 3 is 2.47 bits per heavy atom. The van der Waals surface area contributed by atoms with Crippen molar-refractivity contribution in [3.8, 4) is 21.3 Å². The van der Waals surface area contributed by atoms with Crippen LogP contribution in [0, 0.1) is 0 Å². The van der Waals surface area contributed by atoms with E-state index in [4.69, 9.17) is 9.05 Å². The maximum Gasteiger partial charge on any atom is 0.232 e. The van der Waals surface area contributed by atoms with Crippen molar-refractivity contribution in [3.05, 3.63) is 30.4 Å². The summed E-state index contributed by atoms with van der Waals surface area (Å²) in [5.74, 6) is 1.25. The average molecular weight is 275 g/mol. The maximum atomic E-state index is 5.29. The number of thiophene rings is 1. The summed E-state index contributed by atoms with van der Waals surface area (Å²) in [6.07, 6.45) is 1.56. The highest BCUT2D eigenvalue weighted by atomic mass is 32.1. The van der Waals surface area contributed by atoms with Gasteiger partial charge in [-0.05, 0) is 12.1 Å². The van der Waals surface area contributed by atoms with Crippen LogP contribution in [0.2, 0.25) is 0 Å². The first-order valence-corrected chi connectivity index (χ1v) is 6.71. The fourth-order valence-corrected chi connectivity index (χ4v) is 2.46. The molecule has 0 aliphatic rings. The van der Waals surface area contributed by atoms with Crippen LogP contribution >= 0.6 is 11.3 Å². The zero-order chi connectivity index (χ0) is 13.5. The smallest absolute Gasteiger partial charge is 0.232 e. The topological polar surface area (TPSA) is 65.0 Å². The van der Waals surface area contributed by atoms with Gasteiger partial charge in [-0.15, -0.1) is 11.3 Å². The summed E-state index contributed by atoms with van der Waals surface area (Å²) in [5, 5.41) is 7.94. The quantitative estimate of drug-likeness (QED) is 0.712. The van der Waals surface area contributed by atoms with E-state index in [0.717, 1.165) is 15.4 Å². The molecule has 0 fully saturated rings. The summed E-state index contributed by atoms with van der Waals surface area (Å²) in [6, 6.07) is 5.77. The highest BCUT2D eigenvalue weighted by Gasteiger charge is 2.22. The van der Waals surface area contributed by atoms with E-state index in [0.29, 0.717) is 11.7 Å². The van der Waals surface area contributed by atoms with E-state index in [2.05, 4.69) is 15.3 Å². The summed E-state index contributed by atoms with van der Waals surface area (Å²) in [4.78, 5) is 6.41. The Kier molecular flexibility index (Phi) is 2.74. The molecule has 19 heavy (non-hydrogen) atoms. The highest BCUT2D eigenvalue weighted by molar-refractivity contribution is 7.18. The first kappa shape index (κ1) is 12.1. The molecule has 0 saturated heterocycles. The molecule has 0 N–H and O–H groups in total. The Hall–Kier alpha value is -1.95. The zero-order valence-corrected chi connectivity index (χ0v) is 11.7. The number of rotatable bonds is 2. The Balaban J connectivity index is 1.93. The number of hydrogen-bond donors (Lipinski definition) is 0. The molecule has 0 aromatic carbocycles. The second-order valence-corrected chi connectivity index (χ2v) is 6.31. The van der Waals surface area contributed by atoms with E-state index in [1.54, 1.807) is 17.6 Å². The van der Waals surface area contributed by atoms with Gasteiger partial charge >= 0.3 is 0 Å². The van der Waals surface area contributed by atoms with Crippen LogP contribution in [0.3, 0.4) is 0 Å². The van der Waals surface area contributed by atoms with Gasteiger partial charge in [0.15, 0.2) is 0 Å². The maximum absolute atomic E-state index is 5.29. The molecule has 0 aliphatic carbocycles. The zero-order valence-electron chi connectivity index (χ0n) is 10.9. The molecule has 0 spiro atoms. The van der Waals surface area contributed by atoms with Gasteiger partial charge in [0.2, 0.25) is 11.7 Å². The molecule has 3 rings (SSSR count). The third-order valence-corrected chi connectivity index (χ3v) is 3.69. The van der Waals surface area contributed by atoms with Crippen molar-refractivity contribution < 1.29 is 9.05 Å². The van der Waals surface area contributed by atoms with E-state index in [1.165, 1.54) is 0 Å². The van der Waals surface area contributed by atoms with Crippen LogP contribution in [0.25, 0.3) is 21.3 Å². The summed E-state index contributed by atoms with van der Waals surface area (Å²) >= 11 is 1.56. The standard InChI is InChI=1S/C13H13N3O2S/c1-13(2,3)12-14-11(16-18-12)10-5-4-9(19-10)8-6-7-17-15-8/h4-7H,1-3H3. The molecule has 5 nitrogen and oxygen atoms in total. The van der Waals surface area contributed by atoms with Crippen molar-refractivity contribution in [2.75, 3.05) is 0 Å². The highest BCUT2D eigenvalue weighted by Crippen LogP contribution is 2.33. The fourth-order valence-electron chi connectivity index (χ4n) is 1.56. The van der Waals surface area contributed by atoms with Crippen molar-refractivity contribution >= 4 is 11.3 Å². The molecule has 98 valence electrons. The van der Waals surface area contributed by atoms with Crippen LogP contribution in [0.4, 0.5) is 0 Å². The normalized spacial score (nSPS) is 11.9. The average Bonchev–Trinajstić information content (AvgIpc) is 3.10. The number of hydrogen-bond acceptors (Lipinski definition) is 6. The van der Waals surface area contributed by atoms with E-state index >= 15 is 0 Å². The predicted octanol–water partition coefficient (Wildman–Crippen LogP) is 3.75. The predicted molar refractivity (Wildman–Crippen MR) is 71.8 cm³/mol. The third kappa shape index (κ3) is 2.31. The minimum Gasteiger partial charge on any atom is -0.364 e. The molecular formula is C13H13N3O2S. The largest absolute Gasteiger partial charge is 0.364 e. The summed E-state index contributed by atoms with van der Waals surface area (Å²) < 4.78 is 10.1. The van der Waals surface area contributed by atoms with E-state index in [1.807, 2.05) is 39.0 Å². The Bertz CT molecular complexity index is 677. The van der Waals surface area contributed by atoms with Crippen LogP contribution in [-0.2, 0) is 5.41 Å². The SMILES string of the molecule is CC(C)(C)c1nc(-c2ccc(-c3ccon3)s2)no1. The van der Waals surface area contributed by atoms with Crippen LogP contribution in [0.1, 0.15) is 26.7 Å². The Labute approximate surface area is 114 Å². The minimum atomic E-state index is -0.141. The second-order valence-electron chi connectivity index (χ2n) is 5.22. The van der Waals surface area contributed by atoms with Crippen LogP contribution in [-0.4, -0.2) is 15.3 Å². The molecule has 0 amide bonds. The molecule has 6 heteroatoms. The first-order valence-electron chi connectivity index (χ1n) is 5.89. The summed E-state index contributed by atoms with van der Waals surface area (Å²) in [5.41, 5.74) is 0.674. The van der Waals surface area contributed by atoms with Gasteiger partial charge in [-0.2, -0.15) is 4.98 Å². The Morgan fingerprint density at radius 2 is 1.84 bits per heavy atom. The van der Waals surface area contributed by atoms with Crippen molar-refractivity contribution in [3.63, 3.8) is 0 Å². The van der Waals surface area contributed by atoms with Gasteiger partial charge in [-0.25, -0.2) is 0 Å². The van der Waals surface area contributed by atoms with Gasteiger partial charge in [0.25, 0.3) is 0 Å². The molecule has 0 atom stereocenters. The molecule has 3 heterocycles. The monoisotopic (exact) mass is 275 g/mol. The molecular weight excluding hydrogens is 262 g/mol. The molecule has 0 unspecified atom stereocenters. The van der Waals surface area contributed by atoms with Crippen molar-refractivity contribution in [2.45, 2.75) is 26.2 Å². The second kappa shape index (κ2) is 4.31. The van der Waals surface area contributed by atoms with Crippen molar-refractivity contribution in [1.29, 1.82) is 0 Å². The van der Waals surface area contributed by atoms with Gasteiger partial charge in [0, 0.05) is 11.5 Å². The fraction of sp³-hybridized carbons (Fsp3) is 0.308. The van der Waals surface area contributed by atoms with E-state index in [9.17, 15) is 0 Å². The minimum absolute atomic E-state index is 0.141. The van der Waals surface area contributed by atoms with Crippen LogP contribution < -0.4 is 0 Å². The first-order chi connectivity index (χ1) is 9.04. The number of nitrogens with zero attached hydrogens (tertiary/aromatic N) is 3. The Morgan fingerprint density at radius 1 is 1.05 bits per heavy atom. The molecule has 0 radical (unpaired) electrons. The van der Waals surface area contributed by atoms with Gasteiger partial charge in [0.1, 0.15) is 12.0 Å². The molecule has 3 aromatic heterocycles. The van der Waals surface area contributed by atoms with E-state index in [-0.39, 0.29) is 5.41 Å². The van der Waals surface area contributed by atoms with Crippen LogP contribution in [0.5, 0.6) is 0 Å². The lowest BCUT2D eigenvalue weighted by Crippen LogP contribution is -2.11. The van der Waals surface area contributed by atoms with Gasteiger partial charge in [0.05, 0.1) is 9.75 Å². The lowest BCUT2D eigenvalue weighted by atomic mass is 9.97. The van der Waals surface area contributed by atoms with Gasteiger partial charge in [-0.3, -0.25) is 0 Å². The summed E-state index contributed by atoms with van der Waals surface area (Å²) in [7, 11) is 0. The van der Waals surface area contributed by atoms with Crippen molar-refractivity contribution in [2.24, 2.45) is 0 Å². The van der Waals surface area contributed by atoms with Crippen molar-refractivity contribution in [1.82, 2.24) is 15.3 Å². The molecule has 0 bridgehead atoms. The van der Waals surface area contributed by atoms with Gasteiger partial charge < -0.3 is 9.05 Å². The number of aromatic nitrogens is 3. The molecule has 0 saturated carbocycles. The summed E-state index contributed by atoms with van der Waals surface area (Å²) in [6.45, 7) is 6.12. The lowest BCUT2D eigenvalue weighted by Gasteiger charge is -2.10. The van der Waals surface area contributed by atoms with E-state index < -0.39 is 0 Å². The third-order valence-electron chi connectivity index (χ3n) is 2.58.